The van der Waals surface area contributed by atoms with Gasteiger partial charge in [-0.1, -0.05) is 50.5 Å². The highest BCUT2D eigenvalue weighted by Crippen LogP contribution is 2.30. The van der Waals surface area contributed by atoms with Crippen molar-refractivity contribution in [1.82, 2.24) is 8.75 Å². The van der Waals surface area contributed by atoms with Crippen LogP contribution in [0.3, 0.4) is 0 Å². The quantitative estimate of drug-likeness (QED) is 0.174. The number of carbonyl (C=O) groups excluding carboxylic acids is 2. The van der Waals surface area contributed by atoms with E-state index in [0.29, 0.717) is 35.7 Å². The molecule has 1 unspecified atom stereocenters. The molecular formula is C27H40N3O6S+. The molecule has 0 aliphatic carbocycles. The Hall–Kier alpha value is -2.82. The lowest BCUT2D eigenvalue weighted by atomic mass is 10.1. The van der Waals surface area contributed by atoms with Crippen LogP contribution in [0.4, 0.5) is 0 Å². The van der Waals surface area contributed by atoms with Crippen LogP contribution in [0.5, 0.6) is 11.6 Å². The molecule has 0 fully saturated rings. The summed E-state index contributed by atoms with van der Waals surface area (Å²) >= 11 is 1.17. The highest BCUT2D eigenvalue weighted by Gasteiger charge is 2.31. The first kappa shape index (κ1) is 30.4. The third kappa shape index (κ3) is 10.2. The minimum Gasteiger partial charge on any atom is -0.475 e. The summed E-state index contributed by atoms with van der Waals surface area (Å²) in [5.41, 5.74) is 2.70. The van der Waals surface area contributed by atoms with Gasteiger partial charge in [-0.2, -0.15) is 4.37 Å². The van der Waals surface area contributed by atoms with Gasteiger partial charge >= 0.3 is 11.9 Å². The number of unbranched alkanes of at least 4 members (excludes halogenated alkanes) is 3. The van der Waals surface area contributed by atoms with E-state index in [0.717, 1.165) is 49.7 Å². The van der Waals surface area contributed by atoms with Crippen LogP contribution in [0.2, 0.25) is 0 Å². The molecule has 3 rings (SSSR count). The number of benzene rings is 1. The van der Waals surface area contributed by atoms with E-state index in [1.54, 1.807) is 12.1 Å². The van der Waals surface area contributed by atoms with Crippen LogP contribution in [0.25, 0.3) is 5.57 Å². The molecule has 1 aromatic carbocycles. The summed E-state index contributed by atoms with van der Waals surface area (Å²) < 4.78 is 26.2. The molecule has 1 N–H and O–H groups in total. The normalized spacial score (nSPS) is 16.7. The van der Waals surface area contributed by atoms with E-state index in [1.807, 2.05) is 12.1 Å². The number of para-hydroxylation sites is 1. The van der Waals surface area contributed by atoms with Gasteiger partial charge in [-0.15, -0.1) is 4.37 Å². The third-order valence-electron chi connectivity index (χ3n) is 5.97. The Bertz CT molecular complexity index is 1030. The van der Waals surface area contributed by atoms with Crippen LogP contribution < -0.4 is 9.47 Å². The monoisotopic (exact) mass is 534 g/mol. The van der Waals surface area contributed by atoms with E-state index in [2.05, 4.69) is 28.8 Å². The number of hydrogen-bond acceptors (Lipinski definition) is 9. The van der Waals surface area contributed by atoms with Crippen molar-refractivity contribution in [3.8, 4) is 11.6 Å². The highest BCUT2D eigenvalue weighted by atomic mass is 32.1. The molecule has 37 heavy (non-hydrogen) atoms. The molecule has 204 valence electrons. The number of quaternary nitrogens is 1. The van der Waals surface area contributed by atoms with Gasteiger partial charge in [-0.05, 0) is 24.5 Å². The second-order valence-corrected chi connectivity index (χ2v) is 9.72. The summed E-state index contributed by atoms with van der Waals surface area (Å²) in [5.74, 6) is 0.434. The maximum Gasteiger partial charge on any atom is 0.310 e. The molecule has 0 bridgehead atoms. The first-order valence-corrected chi connectivity index (χ1v) is 13.5. The van der Waals surface area contributed by atoms with Crippen molar-refractivity contribution in [3.63, 3.8) is 0 Å². The summed E-state index contributed by atoms with van der Waals surface area (Å²) in [6.07, 6.45) is 8.29. The fourth-order valence-electron chi connectivity index (χ4n) is 4.06. The summed E-state index contributed by atoms with van der Waals surface area (Å²) in [4.78, 5) is 23.8. The number of rotatable bonds is 13. The van der Waals surface area contributed by atoms with Crippen LogP contribution >= 0.6 is 11.7 Å². The van der Waals surface area contributed by atoms with Crippen LogP contribution in [0.1, 0.15) is 63.6 Å². The van der Waals surface area contributed by atoms with Crippen LogP contribution in [-0.2, 0) is 20.7 Å². The smallest absolute Gasteiger partial charge is 0.310 e. The average molecular weight is 535 g/mol. The van der Waals surface area contributed by atoms with Crippen LogP contribution in [-0.4, -0.2) is 70.9 Å². The van der Waals surface area contributed by atoms with Gasteiger partial charge in [-0.3, -0.25) is 14.1 Å². The van der Waals surface area contributed by atoms with Gasteiger partial charge in [0.1, 0.15) is 18.0 Å². The fourth-order valence-corrected chi connectivity index (χ4v) is 4.59. The molecule has 0 saturated heterocycles. The molecule has 1 atom stereocenters. The summed E-state index contributed by atoms with van der Waals surface area (Å²) in [7, 11) is 3.08. The number of aromatic nitrogens is 2. The SMILES string of the molecule is CCCCCCOc1nsnc1C1=CCC[N+](C)(COC(=O)CCc2ccccc2OC(C)=O)C1.CO. The molecule has 0 amide bonds. The summed E-state index contributed by atoms with van der Waals surface area (Å²) in [6.45, 7) is 6.05. The lowest BCUT2D eigenvalue weighted by Gasteiger charge is -2.36. The van der Waals surface area contributed by atoms with E-state index in [-0.39, 0.29) is 25.1 Å². The average Bonchev–Trinajstić information content (AvgIpc) is 3.36. The van der Waals surface area contributed by atoms with Gasteiger partial charge in [0.2, 0.25) is 6.73 Å². The van der Waals surface area contributed by atoms with Gasteiger partial charge in [0.25, 0.3) is 5.88 Å². The molecule has 1 aliphatic rings. The van der Waals surface area contributed by atoms with Crippen molar-refractivity contribution in [2.75, 3.05) is 40.6 Å². The Balaban J connectivity index is 0.00000235. The molecule has 9 nitrogen and oxygen atoms in total. The molecular weight excluding hydrogens is 494 g/mol. The molecule has 1 aromatic heterocycles. The molecule has 1 aliphatic heterocycles. The van der Waals surface area contributed by atoms with Crippen molar-refractivity contribution in [2.45, 2.75) is 58.8 Å². The zero-order chi connectivity index (χ0) is 27.1. The molecule has 0 radical (unpaired) electrons. The number of aliphatic hydroxyl groups is 1. The largest absolute Gasteiger partial charge is 0.475 e. The Morgan fingerprint density at radius 1 is 1.14 bits per heavy atom. The van der Waals surface area contributed by atoms with Gasteiger partial charge in [0.05, 0.1) is 31.9 Å². The van der Waals surface area contributed by atoms with E-state index in [4.69, 9.17) is 19.3 Å². The van der Waals surface area contributed by atoms with Gasteiger partial charge in [-0.25, -0.2) is 0 Å². The molecule has 2 heterocycles. The molecule has 2 aromatic rings. The summed E-state index contributed by atoms with van der Waals surface area (Å²) in [5, 5.41) is 7.00. The molecule has 0 spiro atoms. The maximum atomic E-state index is 12.5. The first-order chi connectivity index (χ1) is 17.9. The number of aliphatic hydroxyl groups excluding tert-OH is 1. The van der Waals surface area contributed by atoms with E-state index >= 15 is 0 Å². The second-order valence-electron chi connectivity index (χ2n) is 9.19. The summed E-state index contributed by atoms with van der Waals surface area (Å²) in [6, 6.07) is 7.24. The van der Waals surface area contributed by atoms with Gasteiger partial charge in [0.15, 0.2) is 0 Å². The zero-order valence-electron chi connectivity index (χ0n) is 22.4. The van der Waals surface area contributed by atoms with Crippen LogP contribution in [0.15, 0.2) is 30.3 Å². The van der Waals surface area contributed by atoms with Crippen molar-refractivity contribution in [3.05, 3.63) is 41.6 Å². The number of hydrogen-bond donors (Lipinski definition) is 1. The Morgan fingerprint density at radius 2 is 1.92 bits per heavy atom. The Morgan fingerprint density at radius 3 is 2.68 bits per heavy atom. The van der Waals surface area contributed by atoms with Gasteiger partial charge in [0, 0.05) is 32.4 Å². The van der Waals surface area contributed by atoms with Crippen LogP contribution in [0, 0.1) is 0 Å². The standard InChI is InChI=1S/C26H36N3O5S.CH4O/c1-4-5-6-9-17-32-26-25(27-35-28-26)22-12-10-16-29(3,18-22)19-33-24(31)15-14-21-11-7-8-13-23(21)34-20(2)30;1-2/h7-8,11-13H,4-6,9-10,14-19H2,1-3H3;2H,1H3/q+1;. The number of nitrogens with zero attached hydrogens (tertiary/aromatic N) is 3. The fraction of sp³-hybridized carbons (Fsp3) is 0.556. The minimum absolute atomic E-state index is 0.215. The number of aryl methyl sites for hydroxylation is 1. The topological polar surface area (TPSA) is 108 Å². The molecule has 10 heteroatoms. The zero-order valence-corrected chi connectivity index (χ0v) is 23.2. The highest BCUT2D eigenvalue weighted by molar-refractivity contribution is 6.99. The number of esters is 2. The minimum atomic E-state index is -0.383. The lowest BCUT2D eigenvalue weighted by Crippen LogP contribution is -2.49. The van der Waals surface area contributed by atoms with Crippen molar-refractivity contribution < 1.29 is 33.4 Å². The number of ether oxygens (including phenoxy) is 3. The number of carbonyl (C=O) groups is 2. The van der Waals surface area contributed by atoms with Crippen molar-refractivity contribution in [1.29, 1.82) is 0 Å². The van der Waals surface area contributed by atoms with Crippen molar-refractivity contribution in [2.24, 2.45) is 0 Å². The first-order valence-electron chi connectivity index (χ1n) is 12.7. The molecule has 0 saturated carbocycles. The Kier molecular flexibility index (Phi) is 13.2. The second kappa shape index (κ2) is 16.1. The van der Waals surface area contributed by atoms with E-state index in [1.165, 1.54) is 31.5 Å². The third-order valence-corrected chi connectivity index (χ3v) is 6.48. The maximum absolute atomic E-state index is 12.5. The predicted molar refractivity (Wildman–Crippen MR) is 143 cm³/mol. The van der Waals surface area contributed by atoms with E-state index in [9.17, 15) is 9.59 Å². The number of likely N-dealkylation sites (N-methyl/N-ethyl adjacent to an activating group) is 1. The Labute approximate surface area is 224 Å². The van der Waals surface area contributed by atoms with Gasteiger partial charge < -0.3 is 19.3 Å². The van der Waals surface area contributed by atoms with Crippen molar-refractivity contribution >= 4 is 29.2 Å². The predicted octanol–water partition coefficient (Wildman–Crippen LogP) is 4.40. The lowest BCUT2D eigenvalue weighted by molar-refractivity contribution is -0.919. The van der Waals surface area contributed by atoms with E-state index < -0.39 is 0 Å².